The van der Waals surface area contributed by atoms with Gasteiger partial charge in [-0.05, 0) is 31.0 Å². The molecule has 1 aromatic carbocycles. The van der Waals surface area contributed by atoms with Crippen LogP contribution in [0.15, 0.2) is 30.6 Å². The molecule has 0 bridgehead atoms. The standard InChI is InChI=1S/C12H15N5/c1-8-3-4-9(2)10(5-8)16-11-6-12(17-13)15-7-14-11/h3-7H,13H2,1-2H3,(H2,14,15,16,17). The highest BCUT2D eigenvalue weighted by Gasteiger charge is 2.01. The summed E-state index contributed by atoms with van der Waals surface area (Å²) in [5.74, 6) is 6.58. The Morgan fingerprint density at radius 2 is 1.82 bits per heavy atom. The van der Waals surface area contributed by atoms with Crippen LogP contribution in [0.25, 0.3) is 0 Å². The highest BCUT2D eigenvalue weighted by molar-refractivity contribution is 5.62. The molecule has 17 heavy (non-hydrogen) atoms. The van der Waals surface area contributed by atoms with Gasteiger partial charge in [0, 0.05) is 11.8 Å². The first-order valence-electron chi connectivity index (χ1n) is 5.32. The zero-order chi connectivity index (χ0) is 12.3. The fourth-order valence-electron chi connectivity index (χ4n) is 1.51. The highest BCUT2D eigenvalue weighted by Crippen LogP contribution is 2.21. The number of rotatable bonds is 3. The third-order valence-corrected chi connectivity index (χ3v) is 2.47. The van der Waals surface area contributed by atoms with Crippen LogP contribution in [0.1, 0.15) is 11.1 Å². The summed E-state index contributed by atoms with van der Waals surface area (Å²) in [6.07, 6.45) is 1.46. The fourth-order valence-corrected chi connectivity index (χ4v) is 1.51. The molecule has 0 saturated carbocycles. The summed E-state index contributed by atoms with van der Waals surface area (Å²) in [6, 6.07) is 7.98. The Bertz CT molecular complexity index is 524. The second-order valence-electron chi connectivity index (χ2n) is 3.88. The number of aromatic nitrogens is 2. The molecular weight excluding hydrogens is 214 g/mol. The minimum absolute atomic E-state index is 0.577. The van der Waals surface area contributed by atoms with Crippen LogP contribution < -0.4 is 16.6 Å². The van der Waals surface area contributed by atoms with Crippen LogP contribution in [0.2, 0.25) is 0 Å². The lowest BCUT2D eigenvalue weighted by Gasteiger charge is -2.10. The van der Waals surface area contributed by atoms with Crippen molar-refractivity contribution in [2.24, 2.45) is 5.84 Å². The van der Waals surface area contributed by atoms with Crippen molar-refractivity contribution in [1.82, 2.24) is 9.97 Å². The van der Waals surface area contributed by atoms with Gasteiger partial charge in [-0.25, -0.2) is 15.8 Å². The normalized spacial score (nSPS) is 10.1. The van der Waals surface area contributed by atoms with E-state index < -0.39 is 0 Å². The van der Waals surface area contributed by atoms with E-state index in [9.17, 15) is 0 Å². The van der Waals surface area contributed by atoms with E-state index in [-0.39, 0.29) is 0 Å². The molecule has 2 rings (SSSR count). The van der Waals surface area contributed by atoms with Gasteiger partial charge in [-0.1, -0.05) is 12.1 Å². The van der Waals surface area contributed by atoms with E-state index in [2.05, 4.69) is 45.8 Å². The summed E-state index contributed by atoms with van der Waals surface area (Å²) in [5, 5.41) is 3.24. The topological polar surface area (TPSA) is 75.9 Å². The maximum absolute atomic E-state index is 5.30. The van der Waals surface area contributed by atoms with Gasteiger partial charge >= 0.3 is 0 Å². The van der Waals surface area contributed by atoms with Crippen molar-refractivity contribution in [3.63, 3.8) is 0 Å². The molecule has 88 valence electrons. The number of anilines is 3. The largest absolute Gasteiger partial charge is 0.340 e. The first kappa shape index (κ1) is 11.3. The van der Waals surface area contributed by atoms with Crippen LogP contribution in [0.3, 0.4) is 0 Å². The van der Waals surface area contributed by atoms with Gasteiger partial charge in [0.2, 0.25) is 0 Å². The predicted molar refractivity (Wildman–Crippen MR) is 69.0 cm³/mol. The Kier molecular flexibility index (Phi) is 3.20. The number of nitrogen functional groups attached to an aromatic ring is 1. The average Bonchev–Trinajstić information content (AvgIpc) is 2.34. The summed E-state index contributed by atoms with van der Waals surface area (Å²) >= 11 is 0. The Balaban J connectivity index is 2.27. The van der Waals surface area contributed by atoms with Crippen LogP contribution in [-0.2, 0) is 0 Å². The predicted octanol–water partition coefficient (Wildman–Crippen LogP) is 2.12. The van der Waals surface area contributed by atoms with Gasteiger partial charge in [-0.2, -0.15) is 0 Å². The SMILES string of the molecule is Cc1ccc(C)c(Nc2cc(NN)ncn2)c1. The van der Waals surface area contributed by atoms with Crippen molar-refractivity contribution in [2.45, 2.75) is 13.8 Å². The smallest absolute Gasteiger partial charge is 0.145 e. The first-order valence-corrected chi connectivity index (χ1v) is 5.32. The number of nitrogens with zero attached hydrogens (tertiary/aromatic N) is 2. The zero-order valence-electron chi connectivity index (χ0n) is 9.86. The lowest BCUT2D eigenvalue weighted by atomic mass is 10.1. The molecular formula is C12H15N5. The summed E-state index contributed by atoms with van der Waals surface area (Å²) in [4.78, 5) is 8.09. The molecule has 0 saturated heterocycles. The zero-order valence-corrected chi connectivity index (χ0v) is 9.86. The van der Waals surface area contributed by atoms with Crippen LogP contribution in [0.5, 0.6) is 0 Å². The highest BCUT2D eigenvalue weighted by atomic mass is 15.3. The molecule has 0 fully saturated rings. The third-order valence-electron chi connectivity index (χ3n) is 2.47. The van der Waals surface area contributed by atoms with E-state index in [1.807, 2.05) is 6.92 Å². The lowest BCUT2D eigenvalue weighted by molar-refractivity contribution is 1.14. The molecule has 5 heteroatoms. The van der Waals surface area contributed by atoms with Crippen molar-refractivity contribution in [3.8, 4) is 0 Å². The molecule has 4 N–H and O–H groups in total. The Morgan fingerprint density at radius 3 is 2.59 bits per heavy atom. The quantitative estimate of drug-likeness (QED) is 0.555. The first-order chi connectivity index (χ1) is 8.19. The Hall–Kier alpha value is -2.14. The number of hydrazine groups is 1. The monoisotopic (exact) mass is 229 g/mol. The molecule has 0 amide bonds. The van der Waals surface area contributed by atoms with Crippen molar-refractivity contribution < 1.29 is 0 Å². The second-order valence-corrected chi connectivity index (χ2v) is 3.88. The van der Waals surface area contributed by atoms with Gasteiger partial charge in [0.25, 0.3) is 0 Å². The van der Waals surface area contributed by atoms with Crippen molar-refractivity contribution in [3.05, 3.63) is 41.7 Å². The van der Waals surface area contributed by atoms with E-state index in [1.54, 1.807) is 6.07 Å². The van der Waals surface area contributed by atoms with E-state index in [0.717, 1.165) is 11.3 Å². The Labute approximate surface area is 100 Å². The van der Waals surface area contributed by atoms with Crippen LogP contribution in [0.4, 0.5) is 17.3 Å². The second kappa shape index (κ2) is 4.80. The van der Waals surface area contributed by atoms with Crippen molar-refractivity contribution in [1.29, 1.82) is 0 Å². The molecule has 0 aliphatic carbocycles. The van der Waals surface area contributed by atoms with Gasteiger partial charge in [-0.15, -0.1) is 0 Å². The molecule has 5 nitrogen and oxygen atoms in total. The summed E-state index contributed by atoms with van der Waals surface area (Å²) in [5.41, 5.74) is 5.88. The maximum Gasteiger partial charge on any atom is 0.145 e. The van der Waals surface area contributed by atoms with Crippen LogP contribution in [-0.4, -0.2) is 9.97 Å². The van der Waals surface area contributed by atoms with Gasteiger partial charge < -0.3 is 10.7 Å². The Morgan fingerprint density at radius 1 is 1.06 bits per heavy atom. The van der Waals surface area contributed by atoms with Crippen molar-refractivity contribution >= 4 is 17.3 Å². The van der Waals surface area contributed by atoms with E-state index >= 15 is 0 Å². The molecule has 0 unspecified atom stereocenters. The summed E-state index contributed by atoms with van der Waals surface area (Å²) < 4.78 is 0. The van der Waals surface area contributed by atoms with E-state index in [0.29, 0.717) is 11.6 Å². The summed E-state index contributed by atoms with van der Waals surface area (Å²) in [6.45, 7) is 4.10. The number of benzene rings is 1. The lowest BCUT2D eigenvalue weighted by Crippen LogP contribution is -2.09. The van der Waals surface area contributed by atoms with E-state index in [1.165, 1.54) is 11.9 Å². The van der Waals surface area contributed by atoms with E-state index in [4.69, 9.17) is 5.84 Å². The van der Waals surface area contributed by atoms with Gasteiger partial charge in [0.1, 0.15) is 18.0 Å². The average molecular weight is 229 g/mol. The molecule has 0 aliphatic heterocycles. The van der Waals surface area contributed by atoms with Crippen molar-refractivity contribution in [2.75, 3.05) is 10.7 Å². The number of nitrogens with two attached hydrogens (primary N) is 1. The van der Waals surface area contributed by atoms with Crippen LogP contribution >= 0.6 is 0 Å². The molecule has 0 radical (unpaired) electrons. The molecule has 0 atom stereocenters. The maximum atomic E-state index is 5.30. The van der Waals surface area contributed by atoms with Gasteiger partial charge in [0.15, 0.2) is 0 Å². The molecule has 0 spiro atoms. The number of hydrogen-bond acceptors (Lipinski definition) is 5. The molecule has 1 aromatic heterocycles. The minimum Gasteiger partial charge on any atom is -0.340 e. The fraction of sp³-hybridized carbons (Fsp3) is 0.167. The van der Waals surface area contributed by atoms with Gasteiger partial charge in [-0.3, -0.25) is 0 Å². The number of aryl methyl sites for hydroxylation is 2. The minimum atomic E-state index is 0.577. The summed E-state index contributed by atoms with van der Waals surface area (Å²) in [7, 11) is 0. The number of nitrogens with one attached hydrogen (secondary N) is 2. The molecule has 1 heterocycles. The molecule has 2 aromatic rings. The third kappa shape index (κ3) is 2.70. The molecule has 0 aliphatic rings. The van der Waals surface area contributed by atoms with Gasteiger partial charge in [0.05, 0.1) is 0 Å². The van der Waals surface area contributed by atoms with Crippen LogP contribution in [0, 0.1) is 13.8 Å². The number of hydrogen-bond donors (Lipinski definition) is 3.